The van der Waals surface area contributed by atoms with E-state index in [1.54, 1.807) is 0 Å². The maximum absolute atomic E-state index is 11.2. The van der Waals surface area contributed by atoms with E-state index in [1.165, 1.54) is 13.2 Å². The molecule has 0 saturated heterocycles. The quantitative estimate of drug-likeness (QED) is 0.820. The van der Waals surface area contributed by atoms with Crippen molar-refractivity contribution in [1.29, 1.82) is 0 Å². The molecule has 2 aromatic carbocycles. The fourth-order valence-electron chi connectivity index (χ4n) is 1.76. The van der Waals surface area contributed by atoms with Crippen molar-refractivity contribution in [3.63, 3.8) is 0 Å². The average molecular weight is 318 g/mol. The zero-order valence-corrected chi connectivity index (χ0v) is 11.8. The fraction of sp³-hybridized carbons (Fsp3) is 0.0909. The van der Waals surface area contributed by atoms with Gasteiger partial charge in [0.05, 0.1) is 16.9 Å². The van der Waals surface area contributed by atoms with Crippen LogP contribution in [0.1, 0.15) is 0 Å². The molecule has 7 nitrogen and oxygen atoms in total. The summed E-state index contributed by atoms with van der Waals surface area (Å²) in [5, 5.41) is 0.624. The largest absolute Gasteiger partial charge is 0.496 e. The lowest BCUT2D eigenvalue weighted by Gasteiger charge is -2.08. The van der Waals surface area contributed by atoms with Gasteiger partial charge in [0.15, 0.2) is 0 Å². The second-order valence-electron chi connectivity index (χ2n) is 3.96. The van der Waals surface area contributed by atoms with E-state index in [0.29, 0.717) is 5.39 Å². The molecule has 20 heavy (non-hydrogen) atoms. The highest BCUT2D eigenvalue weighted by atomic mass is 32.2. The summed E-state index contributed by atoms with van der Waals surface area (Å²) in [6.45, 7) is 0. The molecular weight excluding hydrogens is 308 g/mol. The molecule has 0 amide bonds. The molecule has 0 aliphatic heterocycles. The Labute approximate surface area is 115 Å². The second kappa shape index (κ2) is 4.70. The van der Waals surface area contributed by atoms with Gasteiger partial charge in [-0.2, -0.15) is 16.8 Å². The summed E-state index contributed by atoms with van der Waals surface area (Å²) in [5.41, 5.74) is 0. The molecule has 2 aromatic rings. The van der Waals surface area contributed by atoms with Crippen LogP contribution in [0.5, 0.6) is 5.75 Å². The van der Waals surface area contributed by atoms with Gasteiger partial charge in [-0.1, -0.05) is 0 Å². The van der Waals surface area contributed by atoms with Gasteiger partial charge >= 0.3 is 0 Å². The molecule has 0 aliphatic carbocycles. The van der Waals surface area contributed by atoms with Crippen LogP contribution in [0.3, 0.4) is 0 Å². The van der Waals surface area contributed by atoms with Crippen LogP contribution in [-0.2, 0) is 20.2 Å². The van der Waals surface area contributed by atoms with Crippen molar-refractivity contribution >= 4 is 31.0 Å². The van der Waals surface area contributed by atoms with E-state index >= 15 is 0 Å². The monoisotopic (exact) mass is 318 g/mol. The first-order chi connectivity index (χ1) is 9.13. The van der Waals surface area contributed by atoms with E-state index in [-0.39, 0.29) is 16.0 Å². The first-order valence-electron chi connectivity index (χ1n) is 5.20. The minimum Gasteiger partial charge on any atom is -0.496 e. The standard InChI is InChI=1S/C11H10O7S2/c1-18-11-6-9(20(15,16)17)5-7-4-8(19(12,13)14)2-3-10(7)11/h2-6H,1H3,(H,12,13,14)(H,15,16,17). The summed E-state index contributed by atoms with van der Waals surface area (Å²) in [7, 11) is -7.58. The highest BCUT2D eigenvalue weighted by molar-refractivity contribution is 7.86. The minimum atomic E-state index is -4.47. The Bertz CT molecular complexity index is 877. The van der Waals surface area contributed by atoms with Crippen molar-refractivity contribution in [2.24, 2.45) is 0 Å². The van der Waals surface area contributed by atoms with Crippen LogP contribution < -0.4 is 4.74 Å². The van der Waals surface area contributed by atoms with E-state index in [4.69, 9.17) is 13.8 Å². The molecule has 0 aliphatic rings. The molecule has 0 fully saturated rings. The van der Waals surface area contributed by atoms with Gasteiger partial charge in [-0.15, -0.1) is 0 Å². The second-order valence-corrected chi connectivity index (χ2v) is 6.80. The minimum absolute atomic E-state index is 0.150. The Morgan fingerprint density at radius 3 is 1.95 bits per heavy atom. The zero-order chi connectivity index (χ0) is 15.1. The number of rotatable bonds is 3. The number of benzene rings is 2. The predicted molar refractivity (Wildman–Crippen MR) is 70.1 cm³/mol. The molecule has 0 unspecified atom stereocenters. The third kappa shape index (κ3) is 2.75. The zero-order valence-electron chi connectivity index (χ0n) is 10.1. The highest BCUT2D eigenvalue weighted by Crippen LogP contribution is 2.31. The van der Waals surface area contributed by atoms with Gasteiger partial charge in [-0.05, 0) is 29.7 Å². The van der Waals surface area contributed by atoms with Crippen molar-refractivity contribution in [2.75, 3.05) is 7.11 Å². The molecule has 0 saturated carbocycles. The van der Waals surface area contributed by atoms with Crippen LogP contribution in [0, 0.1) is 0 Å². The van der Waals surface area contributed by atoms with E-state index in [1.807, 2.05) is 0 Å². The van der Waals surface area contributed by atoms with Gasteiger partial charge in [0, 0.05) is 11.5 Å². The van der Waals surface area contributed by atoms with Crippen molar-refractivity contribution < 1.29 is 30.7 Å². The molecule has 0 bridgehead atoms. The molecule has 9 heteroatoms. The maximum atomic E-state index is 11.2. The summed E-state index contributed by atoms with van der Waals surface area (Å²) < 4.78 is 67.5. The van der Waals surface area contributed by atoms with Gasteiger partial charge < -0.3 is 4.74 Å². The van der Waals surface area contributed by atoms with E-state index in [2.05, 4.69) is 0 Å². The molecule has 0 aromatic heterocycles. The number of fused-ring (bicyclic) bond motifs is 1. The van der Waals surface area contributed by atoms with Gasteiger partial charge in [0.1, 0.15) is 5.75 Å². The topological polar surface area (TPSA) is 118 Å². The van der Waals surface area contributed by atoms with Gasteiger partial charge in [0.25, 0.3) is 20.2 Å². The first-order valence-corrected chi connectivity index (χ1v) is 8.08. The van der Waals surface area contributed by atoms with Crippen LogP contribution in [0.15, 0.2) is 40.1 Å². The molecule has 2 N–H and O–H groups in total. The smallest absolute Gasteiger partial charge is 0.294 e. The van der Waals surface area contributed by atoms with Crippen LogP contribution in [0.25, 0.3) is 10.8 Å². The molecule has 2 rings (SSSR count). The Kier molecular flexibility index (Phi) is 3.46. The van der Waals surface area contributed by atoms with Crippen LogP contribution >= 0.6 is 0 Å². The summed E-state index contributed by atoms with van der Waals surface area (Å²) in [4.78, 5) is -0.825. The Morgan fingerprint density at radius 1 is 0.900 bits per heavy atom. The molecule has 0 heterocycles. The maximum Gasteiger partial charge on any atom is 0.294 e. The SMILES string of the molecule is COc1cc(S(=O)(=O)O)cc2cc(S(=O)(=O)O)ccc12. The van der Waals surface area contributed by atoms with Crippen molar-refractivity contribution in [3.05, 3.63) is 30.3 Å². The van der Waals surface area contributed by atoms with E-state index in [0.717, 1.165) is 24.3 Å². The van der Waals surface area contributed by atoms with Crippen molar-refractivity contribution in [2.45, 2.75) is 9.79 Å². The fourth-order valence-corrected chi connectivity index (χ4v) is 2.81. The molecule has 0 radical (unpaired) electrons. The third-order valence-corrected chi connectivity index (χ3v) is 4.36. The summed E-state index contributed by atoms with van der Waals surface area (Å²) in [5.74, 6) is 0.150. The molecule has 0 atom stereocenters. The van der Waals surface area contributed by atoms with Crippen LogP contribution in [0.4, 0.5) is 0 Å². The third-order valence-electron chi connectivity index (χ3n) is 2.68. The Morgan fingerprint density at radius 2 is 1.45 bits per heavy atom. The van der Waals surface area contributed by atoms with Gasteiger partial charge in [0.2, 0.25) is 0 Å². The first kappa shape index (κ1) is 14.7. The molecule has 108 valence electrons. The number of ether oxygens (including phenoxy) is 1. The summed E-state index contributed by atoms with van der Waals surface area (Å²) in [6.07, 6.45) is 0. The normalized spacial score (nSPS) is 12.6. The van der Waals surface area contributed by atoms with Crippen molar-refractivity contribution in [3.8, 4) is 5.75 Å². The van der Waals surface area contributed by atoms with Crippen LogP contribution in [0.2, 0.25) is 0 Å². The Balaban J connectivity index is 2.87. The van der Waals surface area contributed by atoms with Crippen LogP contribution in [-0.4, -0.2) is 33.1 Å². The highest BCUT2D eigenvalue weighted by Gasteiger charge is 2.16. The van der Waals surface area contributed by atoms with Gasteiger partial charge in [-0.3, -0.25) is 9.11 Å². The average Bonchev–Trinajstić information content (AvgIpc) is 2.34. The molecule has 0 spiro atoms. The number of hydrogen-bond acceptors (Lipinski definition) is 5. The van der Waals surface area contributed by atoms with E-state index in [9.17, 15) is 16.8 Å². The lowest BCUT2D eigenvalue weighted by atomic mass is 10.1. The summed E-state index contributed by atoms with van der Waals surface area (Å²) in [6, 6.07) is 5.81. The summed E-state index contributed by atoms with van der Waals surface area (Å²) >= 11 is 0. The van der Waals surface area contributed by atoms with E-state index < -0.39 is 25.1 Å². The number of hydrogen-bond donors (Lipinski definition) is 2. The molecular formula is C11H10O7S2. The Hall–Kier alpha value is -1.68. The number of methoxy groups -OCH3 is 1. The lowest BCUT2D eigenvalue weighted by Crippen LogP contribution is -2.01. The predicted octanol–water partition coefficient (Wildman–Crippen LogP) is 1.34. The van der Waals surface area contributed by atoms with Crippen molar-refractivity contribution in [1.82, 2.24) is 0 Å². The lowest BCUT2D eigenvalue weighted by molar-refractivity contribution is 0.417. The van der Waals surface area contributed by atoms with Gasteiger partial charge in [-0.25, -0.2) is 0 Å².